The minimum atomic E-state index is -0.454. The van der Waals surface area contributed by atoms with Crippen molar-refractivity contribution in [2.24, 2.45) is 11.8 Å². The maximum absolute atomic E-state index is 12.7. The van der Waals surface area contributed by atoms with E-state index >= 15 is 0 Å². The van der Waals surface area contributed by atoms with Crippen molar-refractivity contribution in [2.45, 2.75) is 39.2 Å². The number of carbonyl (C=O) groups is 1. The van der Waals surface area contributed by atoms with Gasteiger partial charge in [0, 0.05) is 12.1 Å². The fourth-order valence-electron chi connectivity index (χ4n) is 3.39. The Hall–Kier alpha value is -2.28. The molecule has 7 nitrogen and oxygen atoms in total. The highest BCUT2D eigenvalue weighted by Gasteiger charge is 2.27. The lowest BCUT2D eigenvalue weighted by atomic mass is 9.96. The topological polar surface area (TPSA) is 84.7 Å². The third kappa shape index (κ3) is 4.66. The number of piperidine rings is 1. The van der Waals surface area contributed by atoms with Crippen LogP contribution in [-0.4, -0.2) is 45.7 Å². The Labute approximate surface area is 154 Å². The summed E-state index contributed by atoms with van der Waals surface area (Å²) in [6.07, 6.45) is 3.46. The molecule has 2 heterocycles. The number of tetrazole rings is 1. The van der Waals surface area contributed by atoms with E-state index in [1.54, 1.807) is 0 Å². The van der Waals surface area contributed by atoms with E-state index in [0.29, 0.717) is 18.3 Å². The first-order valence-corrected chi connectivity index (χ1v) is 9.48. The van der Waals surface area contributed by atoms with Gasteiger partial charge in [-0.3, -0.25) is 4.79 Å². The Morgan fingerprint density at radius 3 is 2.85 bits per heavy atom. The van der Waals surface area contributed by atoms with Crippen LogP contribution in [-0.2, 0) is 4.79 Å². The van der Waals surface area contributed by atoms with Crippen LogP contribution in [0.1, 0.15) is 39.2 Å². The third-order valence-electron chi connectivity index (χ3n) is 4.86. The van der Waals surface area contributed by atoms with Gasteiger partial charge in [-0.1, -0.05) is 44.2 Å². The molecule has 1 saturated heterocycles. The van der Waals surface area contributed by atoms with Crippen molar-refractivity contribution in [3.63, 3.8) is 0 Å². The summed E-state index contributed by atoms with van der Waals surface area (Å²) in [5.74, 6) is 1.22. The number of amides is 1. The molecule has 0 saturated carbocycles. The zero-order valence-corrected chi connectivity index (χ0v) is 15.6. The van der Waals surface area contributed by atoms with Crippen LogP contribution in [0.25, 0.3) is 11.4 Å². The summed E-state index contributed by atoms with van der Waals surface area (Å²) in [5.41, 5.74) is 0.895. The summed E-state index contributed by atoms with van der Waals surface area (Å²) in [7, 11) is 0. The number of benzene rings is 1. The number of nitrogens with zero attached hydrogens (tertiary/aromatic N) is 4. The molecule has 0 spiro atoms. The van der Waals surface area contributed by atoms with Gasteiger partial charge in [0.1, 0.15) is 0 Å². The maximum Gasteiger partial charge on any atom is 0.247 e. The summed E-state index contributed by atoms with van der Waals surface area (Å²) >= 11 is 0. The predicted octanol–water partition coefficient (Wildman–Crippen LogP) is 2.04. The van der Waals surface area contributed by atoms with Crippen molar-refractivity contribution in [1.82, 2.24) is 30.8 Å². The quantitative estimate of drug-likeness (QED) is 0.793. The van der Waals surface area contributed by atoms with E-state index < -0.39 is 6.04 Å². The van der Waals surface area contributed by atoms with Crippen LogP contribution in [0.5, 0.6) is 0 Å². The van der Waals surface area contributed by atoms with Gasteiger partial charge in [-0.2, -0.15) is 4.80 Å². The molecule has 1 aromatic heterocycles. The maximum atomic E-state index is 12.7. The number of nitrogens with one attached hydrogen (secondary N) is 2. The average Bonchev–Trinajstić information content (AvgIpc) is 3.13. The first-order valence-electron chi connectivity index (χ1n) is 9.48. The van der Waals surface area contributed by atoms with Gasteiger partial charge in [0.05, 0.1) is 0 Å². The molecule has 26 heavy (non-hydrogen) atoms. The molecule has 1 fully saturated rings. The Morgan fingerprint density at radius 1 is 1.35 bits per heavy atom. The number of rotatable bonds is 7. The predicted molar refractivity (Wildman–Crippen MR) is 100 cm³/mol. The number of hydrogen-bond acceptors (Lipinski definition) is 5. The molecule has 2 atom stereocenters. The molecular weight excluding hydrogens is 328 g/mol. The van der Waals surface area contributed by atoms with Crippen molar-refractivity contribution in [3.8, 4) is 11.4 Å². The monoisotopic (exact) mass is 356 g/mol. The summed E-state index contributed by atoms with van der Waals surface area (Å²) in [6.45, 7) is 6.85. The van der Waals surface area contributed by atoms with Gasteiger partial charge in [-0.25, -0.2) is 0 Å². The molecule has 2 unspecified atom stereocenters. The molecular formula is C19H28N6O. The summed E-state index contributed by atoms with van der Waals surface area (Å²) in [4.78, 5) is 14.2. The normalized spacial score (nSPS) is 18.7. The summed E-state index contributed by atoms with van der Waals surface area (Å²) in [5, 5.41) is 19.2. The lowest BCUT2D eigenvalue weighted by Gasteiger charge is -2.23. The lowest BCUT2D eigenvalue weighted by molar-refractivity contribution is -0.126. The highest BCUT2D eigenvalue weighted by atomic mass is 16.2. The van der Waals surface area contributed by atoms with E-state index in [0.717, 1.165) is 25.1 Å². The zero-order valence-electron chi connectivity index (χ0n) is 15.6. The number of hydrogen-bond donors (Lipinski definition) is 2. The standard InChI is InChI=1S/C19H28N6O/c1-14(2)17(19(26)21-12-10-15-7-6-11-20-13-15)25-23-18(22-24-25)16-8-4-3-5-9-16/h3-5,8-9,14-15,17,20H,6-7,10-13H2,1-2H3,(H,21,26). The molecule has 140 valence electrons. The van der Waals surface area contributed by atoms with E-state index in [4.69, 9.17) is 0 Å². The largest absolute Gasteiger partial charge is 0.354 e. The fraction of sp³-hybridized carbons (Fsp3) is 0.579. The first kappa shape index (κ1) is 18.5. The van der Waals surface area contributed by atoms with E-state index in [2.05, 4.69) is 26.0 Å². The van der Waals surface area contributed by atoms with Gasteiger partial charge in [0.2, 0.25) is 11.7 Å². The van der Waals surface area contributed by atoms with Gasteiger partial charge in [-0.15, -0.1) is 10.2 Å². The van der Waals surface area contributed by atoms with Crippen LogP contribution in [0.2, 0.25) is 0 Å². The van der Waals surface area contributed by atoms with Gasteiger partial charge in [0.25, 0.3) is 0 Å². The van der Waals surface area contributed by atoms with Gasteiger partial charge < -0.3 is 10.6 Å². The fourth-order valence-corrected chi connectivity index (χ4v) is 3.39. The van der Waals surface area contributed by atoms with Gasteiger partial charge in [-0.05, 0) is 49.4 Å². The molecule has 1 amide bonds. The first-order chi connectivity index (χ1) is 12.6. The lowest BCUT2D eigenvalue weighted by Crippen LogP contribution is -2.38. The molecule has 7 heteroatoms. The second-order valence-corrected chi connectivity index (χ2v) is 7.28. The second kappa shape index (κ2) is 8.89. The van der Waals surface area contributed by atoms with Crippen LogP contribution in [0.15, 0.2) is 30.3 Å². The molecule has 2 aromatic rings. The van der Waals surface area contributed by atoms with E-state index in [-0.39, 0.29) is 11.8 Å². The van der Waals surface area contributed by atoms with Crippen molar-refractivity contribution in [3.05, 3.63) is 30.3 Å². The van der Waals surface area contributed by atoms with Crippen molar-refractivity contribution in [2.75, 3.05) is 19.6 Å². The zero-order chi connectivity index (χ0) is 18.4. The van der Waals surface area contributed by atoms with Crippen LogP contribution in [0.3, 0.4) is 0 Å². The SMILES string of the molecule is CC(C)C(C(=O)NCCC1CCCNC1)n1nnc(-c2ccccc2)n1. The van der Waals surface area contributed by atoms with Crippen LogP contribution in [0.4, 0.5) is 0 Å². The molecule has 1 aliphatic heterocycles. The van der Waals surface area contributed by atoms with Crippen molar-refractivity contribution < 1.29 is 4.79 Å². The molecule has 0 aliphatic carbocycles. The van der Waals surface area contributed by atoms with Gasteiger partial charge >= 0.3 is 0 Å². The second-order valence-electron chi connectivity index (χ2n) is 7.28. The molecule has 3 rings (SSSR count). The third-order valence-corrected chi connectivity index (χ3v) is 4.86. The minimum Gasteiger partial charge on any atom is -0.354 e. The summed E-state index contributed by atoms with van der Waals surface area (Å²) in [6, 6.07) is 9.23. The minimum absolute atomic E-state index is 0.0409. The highest BCUT2D eigenvalue weighted by molar-refractivity contribution is 5.80. The molecule has 1 aromatic carbocycles. The van der Waals surface area contributed by atoms with Gasteiger partial charge in [0.15, 0.2) is 6.04 Å². The van der Waals surface area contributed by atoms with Crippen LogP contribution >= 0.6 is 0 Å². The van der Waals surface area contributed by atoms with Crippen LogP contribution < -0.4 is 10.6 Å². The molecule has 2 N–H and O–H groups in total. The Bertz CT molecular complexity index is 693. The molecule has 0 radical (unpaired) electrons. The molecule has 1 aliphatic rings. The van der Waals surface area contributed by atoms with Crippen molar-refractivity contribution in [1.29, 1.82) is 0 Å². The average molecular weight is 356 g/mol. The van der Waals surface area contributed by atoms with E-state index in [1.165, 1.54) is 17.6 Å². The number of aromatic nitrogens is 4. The van der Waals surface area contributed by atoms with Crippen LogP contribution in [0, 0.1) is 11.8 Å². The Morgan fingerprint density at radius 2 is 2.15 bits per heavy atom. The van der Waals surface area contributed by atoms with Crippen molar-refractivity contribution >= 4 is 5.91 Å². The summed E-state index contributed by atoms with van der Waals surface area (Å²) < 4.78 is 0. The van der Waals surface area contributed by atoms with E-state index in [9.17, 15) is 4.79 Å². The smallest absolute Gasteiger partial charge is 0.247 e. The Balaban J connectivity index is 1.61. The van der Waals surface area contributed by atoms with E-state index in [1.807, 2.05) is 44.2 Å². The highest BCUT2D eigenvalue weighted by Crippen LogP contribution is 2.19. The Kier molecular flexibility index (Phi) is 6.33. The molecule has 0 bridgehead atoms. The number of carbonyl (C=O) groups excluding carboxylic acids is 1.